The van der Waals surface area contributed by atoms with Gasteiger partial charge in [0.2, 0.25) is 5.91 Å². The van der Waals surface area contributed by atoms with Gasteiger partial charge in [-0.25, -0.2) is 0 Å². The van der Waals surface area contributed by atoms with E-state index in [1.165, 1.54) is 58.2 Å². The van der Waals surface area contributed by atoms with Gasteiger partial charge in [0.15, 0.2) is 0 Å². The summed E-state index contributed by atoms with van der Waals surface area (Å²) in [5, 5.41) is 6.70. The van der Waals surface area contributed by atoms with Gasteiger partial charge in [-0.3, -0.25) is 9.69 Å². The predicted octanol–water partition coefficient (Wildman–Crippen LogP) is 1.05. The summed E-state index contributed by atoms with van der Waals surface area (Å²) in [4.78, 5) is 17.4. The molecular weight excluding hydrogens is 288 g/mol. The molecule has 0 bridgehead atoms. The summed E-state index contributed by atoms with van der Waals surface area (Å²) >= 11 is 0. The van der Waals surface area contributed by atoms with E-state index >= 15 is 0 Å². The molecule has 1 saturated carbocycles. The van der Waals surface area contributed by atoms with Crippen molar-refractivity contribution in [2.45, 2.75) is 57.5 Å². The Kier molecular flexibility index (Phi) is 6.31. The van der Waals surface area contributed by atoms with Crippen LogP contribution in [0.1, 0.15) is 45.4 Å². The minimum absolute atomic E-state index is 0.0247. The van der Waals surface area contributed by atoms with Crippen molar-refractivity contribution < 1.29 is 4.79 Å². The van der Waals surface area contributed by atoms with Gasteiger partial charge in [0.05, 0.1) is 6.04 Å². The first-order valence-electron chi connectivity index (χ1n) is 9.70. The lowest BCUT2D eigenvalue weighted by atomic mass is 9.97. The molecule has 132 valence electrons. The smallest absolute Gasteiger partial charge is 0.237 e. The van der Waals surface area contributed by atoms with E-state index in [1.54, 1.807) is 0 Å². The van der Waals surface area contributed by atoms with Crippen LogP contribution < -0.4 is 10.6 Å². The van der Waals surface area contributed by atoms with E-state index in [2.05, 4.69) is 27.4 Å². The summed E-state index contributed by atoms with van der Waals surface area (Å²) in [6.07, 6.45) is 7.52. The molecule has 0 aromatic heterocycles. The fourth-order valence-electron chi connectivity index (χ4n) is 4.32. The number of amides is 1. The second-order valence-corrected chi connectivity index (χ2v) is 7.70. The summed E-state index contributed by atoms with van der Waals surface area (Å²) in [6.45, 7) is 9.99. The van der Waals surface area contributed by atoms with Gasteiger partial charge in [0.25, 0.3) is 0 Å². The van der Waals surface area contributed by atoms with Crippen LogP contribution >= 0.6 is 0 Å². The molecule has 0 aromatic rings. The third-order valence-corrected chi connectivity index (χ3v) is 6.01. The topological polar surface area (TPSA) is 47.6 Å². The molecule has 0 radical (unpaired) electrons. The summed E-state index contributed by atoms with van der Waals surface area (Å²) in [7, 11) is 0. The third-order valence-electron chi connectivity index (χ3n) is 6.01. The molecule has 3 rings (SSSR count). The SMILES string of the molecule is C[C@H](C(=O)NC1CCCC1)N1CCN(CC2CCNCC2)CC1. The highest BCUT2D eigenvalue weighted by molar-refractivity contribution is 5.81. The largest absolute Gasteiger partial charge is 0.352 e. The number of rotatable bonds is 5. The van der Waals surface area contributed by atoms with Crippen LogP contribution in [0.25, 0.3) is 0 Å². The van der Waals surface area contributed by atoms with E-state index in [1.807, 2.05) is 0 Å². The zero-order chi connectivity index (χ0) is 16.1. The lowest BCUT2D eigenvalue weighted by Gasteiger charge is -2.39. The molecule has 1 amide bonds. The fourth-order valence-corrected chi connectivity index (χ4v) is 4.32. The van der Waals surface area contributed by atoms with Gasteiger partial charge < -0.3 is 15.5 Å². The van der Waals surface area contributed by atoms with Crippen LogP contribution in [0.5, 0.6) is 0 Å². The Morgan fingerprint density at radius 3 is 2.39 bits per heavy atom. The van der Waals surface area contributed by atoms with Crippen molar-refractivity contribution in [2.75, 3.05) is 45.8 Å². The molecule has 0 spiro atoms. The maximum atomic E-state index is 12.4. The lowest BCUT2D eigenvalue weighted by Crippen LogP contribution is -2.55. The first kappa shape index (κ1) is 17.2. The molecule has 0 aromatic carbocycles. The highest BCUT2D eigenvalue weighted by Gasteiger charge is 2.28. The molecule has 2 N–H and O–H groups in total. The molecule has 3 aliphatic rings. The van der Waals surface area contributed by atoms with Gasteiger partial charge in [-0.2, -0.15) is 0 Å². The second kappa shape index (κ2) is 8.45. The highest BCUT2D eigenvalue weighted by atomic mass is 16.2. The summed E-state index contributed by atoms with van der Waals surface area (Å²) < 4.78 is 0. The zero-order valence-corrected chi connectivity index (χ0v) is 14.7. The van der Waals surface area contributed by atoms with Gasteiger partial charge in [-0.15, -0.1) is 0 Å². The number of hydrogen-bond donors (Lipinski definition) is 2. The Labute approximate surface area is 141 Å². The molecule has 2 aliphatic heterocycles. The molecule has 0 unspecified atom stereocenters. The van der Waals surface area contributed by atoms with E-state index in [-0.39, 0.29) is 11.9 Å². The Hall–Kier alpha value is -0.650. The molecule has 5 nitrogen and oxygen atoms in total. The van der Waals surface area contributed by atoms with E-state index in [0.29, 0.717) is 6.04 Å². The van der Waals surface area contributed by atoms with Crippen LogP contribution in [0.3, 0.4) is 0 Å². The van der Waals surface area contributed by atoms with E-state index in [4.69, 9.17) is 0 Å². The van der Waals surface area contributed by atoms with Crippen LogP contribution in [0, 0.1) is 5.92 Å². The minimum atomic E-state index is 0.0247. The molecule has 1 aliphatic carbocycles. The Morgan fingerprint density at radius 2 is 1.74 bits per heavy atom. The number of carbonyl (C=O) groups is 1. The summed E-state index contributed by atoms with van der Waals surface area (Å²) in [5.74, 6) is 1.11. The predicted molar refractivity (Wildman–Crippen MR) is 93.5 cm³/mol. The van der Waals surface area contributed by atoms with Crippen molar-refractivity contribution in [2.24, 2.45) is 5.92 Å². The maximum Gasteiger partial charge on any atom is 0.237 e. The van der Waals surface area contributed by atoms with E-state index < -0.39 is 0 Å². The van der Waals surface area contributed by atoms with Gasteiger partial charge in [0.1, 0.15) is 0 Å². The molecule has 2 heterocycles. The average molecular weight is 322 g/mol. The standard InChI is InChI=1S/C18H34N4O/c1-15(18(23)20-17-4-2-3-5-17)22-12-10-21(11-13-22)14-16-6-8-19-9-7-16/h15-17,19H,2-14H2,1H3,(H,20,23)/t15-/m1/s1. The number of hydrogen-bond acceptors (Lipinski definition) is 4. The van der Waals surface area contributed by atoms with E-state index in [0.717, 1.165) is 32.1 Å². The van der Waals surface area contributed by atoms with Gasteiger partial charge in [-0.05, 0) is 51.6 Å². The molecule has 23 heavy (non-hydrogen) atoms. The van der Waals surface area contributed by atoms with Crippen molar-refractivity contribution in [1.29, 1.82) is 0 Å². The van der Waals surface area contributed by atoms with Crippen LogP contribution in [-0.2, 0) is 4.79 Å². The fraction of sp³-hybridized carbons (Fsp3) is 0.944. The Balaban J connectivity index is 1.38. The number of carbonyl (C=O) groups excluding carboxylic acids is 1. The van der Waals surface area contributed by atoms with Crippen molar-refractivity contribution in [1.82, 2.24) is 20.4 Å². The normalized spacial score (nSPS) is 27.2. The zero-order valence-electron chi connectivity index (χ0n) is 14.7. The van der Waals surface area contributed by atoms with Gasteiger partial charge >= 0.3 is 0 Å². The van der Waals surface area contributed by atoms with Crippen molar-refractivity contribution in [3.63, 3.8) is 0 Å². The number of piperazine rings is 1. The number of piperidine rings is 1. The number of nitrogens with one attached hydrogen (secondary N) is 2. The maximum absolute atomic E-state index is 12.4. The van der Waals surface area contributed by atoms with Crippen molar-refractivity contribution in [3.8, 4) is 0 Å². The Morgan fingerprint density at radius 1 is 1.09 bits per heavy atom. The summed E-state index contributed by atoms with van der Waals surface area (Å²) in [6, 6.07) is 0.461. The van der Waals surface area contributed by atoms with Crippen LogP contribution in [0.2, 0.25) is 0 Å². The van der Waals surface area contributed by atoms with Crippen molar-refractivity contribution >= 4 is 5.91 Å². The molecule has 1 atom stereocenters. The summed E-state index contributed by atoms with van der Waals surface area (Å²) in [5.41, 5.74) is 0. The molecule has 3 fully saturated rings. The van der Waals surface area contributed by atoms with E-state index in [9.17, 15) is 4.79 Å². The van der Waals surface area contributed by atoms with Gasteiger partial charge in [-0.1, -0.05) is 12.8 Å². The third kappa shape index (κ3) is 4.91. The van der Waals surface area contributed by atoms with Crippen LogP contribution in [-0.4, -0.2) is 73.6 Å². The molecular formula is C18H34N4O. The second-order valence-electron chi connectivity index (χ2n) is 7.70. The van der Waals surface area contributed by atoms with Crippen LogP contribution in [0.15, 0.2) is 0 Å². The number of nitrogens with zero attached hydrogens (tertiary/aromatic N) is 2. The highest BCUT2D eigenvalue weighted by Crippen LogP contribution is 2.19. The first-order chi connectivity index (χ1) is 11.2. The van der Waals surface area contributed by atoms with Crippen LogP contribution in [0.4, 0.5) is 0 Å². The van der Waals surface area contributed by atoms with Gasteiger partial charge in [0, 0.05) is 38.8 Å². The Bertz CT molecular complexity index is 369. The first-order valence-corrected chi connectivity index (χ1v) is 9.70. The monoisotopic (exact) mass is 322 g/mol. The lowest BCUT2D eigenvalue weighted by molar-refractivity contribution is -0.127. The molecule has 2 saturated heterocycles. The quantitative estimate of drug-likeness (QED) is 0.794. The minimum Gasteiger partial charge on any atom is -0.352 e. The molecule has 5 heteroatoms. The average Bonchev–Trinajstić information content (AvgIpc) is 3.09. The van der Waals surface area contributed by atoms with Crippen molar-refractivity contribution in [3.05, 3.63) is 0 Å².